The van der Waals surface area contributed by atoms with Crippen LogP contribution in [0.25, 0.3) is 0 Å². The Morgan fingerprint density at radius 1 is 1.24 bits per heavy atom. The van der Waals surface area contributed by atoms with Crippen LogP contribution in [0.4, 0.5) is 5.69 Å². The number of nitrogens with two attached hydrogens (primary N) is 1. The normalized spacial score (nSPS) is 15.2. The summed E-state index contributed by atoms with van der Waals surface area (Å²) >= 11 is 0. The van der Waals surface area contributed by atoms with Gasteiger partial charge in [-0.3, -0.25) is 0 Å². The third-order valence-electron chi connectivity index (χ3n) is 2.50. The summed E-state index contributed by atoms with van der Waals surface area (Å²) in [7, 11) is 0. The van der Waals surface area contributed by atoms with E-state index in [1.165, 1.54) is 0 Å². The van der Waals surface area contributed by atoms with Crippen LogP contribution in [0.15, 0.2) is 18.2 Å². The molecule has 0 saturated carbocycles. The Morgan fingerprint density at radius 2 is 1.94 bits per heavy atom. The molecule has 0 saturated heterocycles. The van der Waals surface area contributed by atoms with E-state index in [9.17, 15) is 0 Å². The number of nitrogens with one attached hydrogen (secondary N) is 1. The maximum absolute atomic E-state index is 5.93. The minimum Gasteiger partial charge on any atom is -0.490 e. The molecule has 0 amide bonds. The van der Waals surface area contributed by atoms with E-state index in [0.29, 0.717) is 13.2 Å². The summed E-state index contributed by atoms with van der Waals surface area (Å²) < 4.78 is 11.2. The first-order valence-electron chi connectivity index (χ1n) is 5.97. The number of anilines is 1. The lowest BCUT2D eigenvalue weighted by Gasteiger charge is -2.20. The minimum atomic E-state index is -0.232. The highest BCUT2D eigenvalue weighted by Crippen LogP contribution is 2.32. The summed E-state index contributed by atoms with van der Waals surface area (Å²) in [4.78, 5) is 0. The molecule has 0 unspecified atom stereocenters. The molecule has 1 aliphatic rings. The molecule has 1 aromatic carbocycles. The minimum absolute atomic E-state index is 0.232. The fourth-order valence-corrected chi connectivity index (χ4v) is 1.60. The molecule has 94 valence electrons. The first-order chi connectivity index (χ1) is 8.04. The van der Waals surface area contributed by atoms with Crippen molar-refractivity contribution in [2.75, 3.05) is 25.1 Å². The Labute approximate surface area is 102 Å². The van der Waals surface area contributed by atoms with E-state index in [-0.39, 0.29) is 5.54 Å². The van der Waals surface area contributed by atoms with E-state index in [1.807, 2.05) is 32.0 Å². The molecule has 0 aliphatic carbocycles. The molecule has 17 heavy (non-hydrogen) atoms. The predicted octanol–water partition coefficient (Wildman–Crippen LogP) is 2.00. The van der Waals surface area contributed by atoms with E-state index in [2.05, 4.69) is 5.32 Å². The first kappa shape index (κ1) is 12.0. The molecule has 4 heteroatoms. The smallest absolute Gasteiger partial charge is 0.163 e. The van der Waals surface area contributed by atoms with Crippen LogP contribution >= 0.6 is 0 Å². The van der Waals surface area contributed by atoms with Gasteiger partial charge in [-0.1, -0.05) is 0 Å². The molecule has 2 rings (SSSR count). The quantitative estimate of drug-likeness (QED) is 0.842. The summed E-state index contributed by atoms with van der Waals surface area (Å²) in [5.41, 5.74) is 6.70. The Kier molecular flexibility index (Phi) is 3.43. The van der Waals surface area contributed by atoms with Gasteiger partial charge in [-0.25, -0.2) is 0 Å². The SMILES string of the molecule is CC(C)(N)CNc1ccc2c(c1)OCCCO2. The van der Waals surface area contributed by atoms with Crippen molar-refractivity contribution in [1.29, 1.82) is 0 Å². The highest BCUT2D eigenvalue weighted by Gasteiger charge is 2.13. The van der Waals surface area contributed by atoms with Crippen LogP contribution in [0.3, 0.4) is 0 Å². The number of benzene rings is 1. The lowest BCUT2D eigenvalue weighted by molar-refractivity contribution is 0.297. The van der Waals surface area contributed by atoms with Crippen molar-refractivity contribution < 1.29 is 9.47 Å². The van der Waals surface area contributed by atoms with Gasteiger partial charge in [0.1, 0.15) is 0 Å². The molecular weight excluding hydrogens is 216 g/mol. The van der Waals surface area contributed by atoms with Crippen LogP contribution in [0.1, 0.15) is 20.3 Å². The van der Waals surface area contributed by atoms with Crippen molar-refractivity contribution in [1.82, 2.24) is 0 Å². The van der Waals surface area contributed by atoms with E-state index in [0.717, 1.165) is 30.2 Å². The molecule has 1 heterocycles. The number of hydrogen-bond acceptors (Lipinski definition) is 4. The number of rotatable bonds is 3. The monoisotopic (exact) mass is 236 g/mol. The molecule has 0 radical (unpaired) electrons. The standard InChI is InChI=1S/C13H20N2O2/c1-13(2,14)9-15-10-4-5-11-12(8-10)17-7-3-6-16-11/h4-5,8,15H,3,6-7,9,14H2,1-2H3. The highest BCUT2D eigenvalue weighted by atomic mass is 16.5. The van der Waals surface area contributed by atoms with Crippen molar-refractivity contribution >= 4 is 5.69 Å². The second-order valence-electron chi connectivity index (χ2n) is 5.05. The van der Waals surface area contributed by atoms with Gasteiger partial charge in [-0.2, -0.15) is 0 Å². The zero-order valence-electron chi connectivity index (χ0n) is 10.5. The van der Waals surface area contributed by atoms with Crippen molar-refractivity contribution in [2.24, 2.45) is 5.73 Å². The van der Waals surface area contributed by atoms with Gasteiger partial charge in [-0.15, -0.1) is 0 Å². The maximum atomic E-state index is 5.93. The molecule has 4 nitrogen and oxygen atoms in total. The van der Waals surface area contributed by atoms with Gasteiger partial charge in [0.15, 0.2) is 11.5 Å². The van der Waals surface area contributed by atoms with Gasteiger partial charge in [0.2, 0.25) is 0 Å². The van der Waals surface area contributed by atoms with Crippen molar-refractivity contribution in [3.05, 3.63) is 18.2 Å². The summed E-state index contributed by atoms with van der Waals surface area (Å²) in [6.45, 7) is 6.12. The third kappa shape index (κ3) is 3.53. The fourth-order valence-electron chi connectivity index (χ4n) is 1.60. The van der Waals surface area contributed by atoms with Gasteiger partial charge >= 0.3 is 0 Å². The summed E-state index contributed by atoms with van der Waals surface area (Å²) in [5, 5.41) is 3.29. The third-order valence-corrected chi connectivity index (χ3v) is 2.50. The van der Waals surface area contributed by atoms with Gasteiger partial charge in [0, 0.05) is 30.3 Å². The van der Waals surface area contributed by atoms with E-state index in [4.69, 9.17) is 15.2 Å². The average Bonchev–Trinajstić information content (AvgIpc) is 2.49. The van der Waals surface area contributed by atoms with Gasteiger partial charge in [-0.05, 0) is 26.0 Å². The van der Waals surface area contributed by atoms with Crippen molar-refractivity contribution in [3.8, 4) is 11.5 Å². The number of hydrogen-bond donors (Lipinski definition) is 2. The van der Waals surface area contributed by atoms with Crippen LogP contribution in [0.5, 0.6) is 11.5 Å². The summed E-state index contributed by atoms with van der Waals surface area (Å²) in [6, 6.07) is 5.89. The van der Waals surface area contributed by atoms with Crippen LogP contribution < -0.4 is 20.5 Å². The van der Waals surface area contributed by atoms with E-state index < -0.39 is 0 Å². The Bertz CT molecular complexity index is 385. The molecule has 1 aliphatic heterocycles. The highest BCUT2D eigenvalue weighted by molar-refractivity contribution is 5.55. The van der Waals surface area contributed by atoms with Crippen molar-refractivity contribution in [3.63, 3.8) is 0 Å². The largest absolute Gasteiger partial charge is 0.490 e. The molecule has 1 aromatic rings. The zero-order chi connectivity index (χ0) is 12.3. The predicted molar refractivity (Wildman–Crippen MR) is 68.8 cm³/mol. The number of fused-ring (bicyclic) bond motifs is 1. The molecule has 3 N–H and O–H groups in total. The van der Waals surface area contributed by atoms with Crippen LogP contribution in [0, 0.1) is 0 Å². The average molecular weight is 236 g/mol. The second kappa shape index (κ2) is 4.84. The molecule has 0 aromatic heterocycles. The summed E-state index contributed by atoms with van der Waals surface area (Å²) in [5.74, 6) is 1.63. The molecule has 0 spiro atoms. The van der Waals surface area contributed by atoms with Crippen LogP contribution in [-0.2, 0) is 0 Å². The lowest BCUT2D eigenvalue weighted by atomic mass is 10.1. The Balaban J connectivity index is 2.07. The molecule has 0 atom stereocenters. The Morgan fingerprint density at radius 3 is 2.65 bits per heavy atom. The Hall–Kier alpha value is -1.42. The molecule has 0 fully saturated rings. The van der Waals surface area contributed by atoms with Gasteiger partial charge in [0.25, 0.3) is 0 Å². The van der Waals surface area contributed by atoms with Gasteiger partial charge < -0.3 is 20.5 Å². The van der Waals surface area contributed by atoms with Crippen LogP contribution in [-0.4, -0.2) is 25.3 Å². The fraction of sp³-hybridized carbons (Fsp3) is 0.538. The molecule has 0 bridgehead atoms. The van der Waals surface area contributed by atoms with Crippen LogP contribution in [0.2, 0.25) is 0 Å². The lowest BCUT2D eigenvalue weighted by Crippen LogP contribution is -2.39. The van der Waals surface area contributed by atoms with E-state index >= 15 is 0 Å². The topological polar surface area (TPSA) is 56.5 Å². The van der Waals surface area contributed by atoms with Gasteiger partial charge in [0.05, 0.1) is 13.2 Å². The number of ether oxygens (including phenoxy) is 2. The van der Waals surface area contributed by atoms with Crippen molar-refractivity contribution in [2.45, 2.75) is 25.8 Å². The zero-order valence-corrected chi connectivity index (χ0v) is 10.5. The summed E-state index contributed by atoms with van der Waals surface area (Å²) in [6.07, 6.45) is 0.924. The second-order valence-corrected chi connectivity index (χ2v) is 5.05. The maximum Gasteiger partial charge on any atom is 0.163 e. The first-order valence-corrected chi connectivity index (χ1v) is 5.97. The molecular formula is C13H20N2O2. The van der Waals surface area contributed by atoms with E-state index in [1.54, 1.807) is 0 Å².